The molecule has 1 aliphatic rings. The Bertz CT molecular complexity index is 478. The first kappa shape index (κ1) is 14.0. The van der Waals surface area contributed by atoms with Crippen LogP contribution in [0.15, 0.2) is 12.1 Å². The van der Waals surface area contributed by atoms with Gasteiger partial charge in [0, 0.05) is 6.54 Å². The Balaban J connectivity index is 2.03. The average molecular weight is 286 g/mol. The normalized spacial score (nSPS) is 14.4. The maximum absolute atomic E-state index is 11.0. The zero-order chi connectivity index (χ0) is 13.8. The van der Waals surface area contributed by atoms with Crippen molar-refractivity contribution in [3.63, 3.8) is 0 Å². The van der Waals surface area contributed by atoms with Crippen molar-refractivity contribution in [3.8, 4) is 11.5 Å². The van der Waals surface area contributed by atoms with Crippen LogP contribution in [0.25, 0.3) is 0 Å². The summed E-state index contributed by atoms with van der Waals surface area (Å²) in [6.45, 7) is 2.54. The molecule has 0 bridgehead atoms. The number of ether oxygens (including phenoxy) is 2. The summed E-state index contributed by atoms with van der Waals surface area (Å²) >= 11 is 6.06. The van der Waals surface area contributed by atoms with Gasteiger partial charge in [-0.2, -0.15) is 0 Å². The molecular formula is C13H16ClNO4. The van der Waals surface area contributed by atoms with Crippen molar-refractivity contribution in [2.24, 2.45) is 0 Å². The van der Waals surface area contributed by atoms with Crippen LogP contribution in [0.5, 0.6) is 11.5 Å². The van der Waals surface area contributed by atoms with E-state index in [1.807, 2.05) is 13.0 Å². The predicted octanol–water partition coefficient (Wildman–Crippen LogP) is 2.41. The third-order valence-electron chi connectivity index (χ3n) is 2.92. The van der Waals surface area contributed by atoms with Gasteiger partial charge in [0.15, 0.2) is 11.5 Å². The van der Waals surface area contributed by atoms with Crippen molar-refractivity contribution in [1.82, 2.24) is 5.32 Å². The van der Waals surface area contributed by atoms with Gasteiger partial charge in [0.1, 0.15) is 6.04 Å². The summed E-state index contributed by atoms with van der Waals surface area (Å²) in [6.07, 6.45) is 1.40. The van der Waals surface area contributed by atoms with Crippen LogP contribution >= 0.6 is 11.6 Å². The SMILES string of the molecule is CCCC(NCc1cc(Cl)c2c(c1)OCO2)C(=O)O. The molecule has 104 valence electrons. The number of nitrogens with one attached hydrogen (secondary N) is 1. The number of hydrogen-bond donors (Lipinski definition) is 2. The van der Waals surface area contributed by atoms with E-state index < -0.39 is 12.0 Å². The molecule has 2 rings (SSSR count). The van der Waals surface area contributed by atoms with E-state index in [-0.39, 0.29) is 6.79 Å². The molecule has 19 heavy (non-hydrogen) atoms. The van der Waals surface area contributed by atoms with Crippen molar-refractivity contribution >= 4 is 17.6 Å². The summed E-state index contributed by atoms with van der Waals surface area (Å²) in [6, 6.07) is 3.02. The second-order valence-corrected chi connectivity index (χ2v) is 4.78. The molecule has 6 heteroatoms. The number of benzene rings is 1. The lowest BCUT2D eigenvalue weighted by atomic mass is 10.1. The Morgan fingerprint density at radius 3 is 3.00 bits per heavy atom. The van der Waals surface area contributed by atoms with E-state index in [2.05, 4.69) is 5.32 Å². The van der Waals surface area contributed by atoms with Gasteiger partial charge in [-0.3, -0.25) is 4.79 Å². The highest BCUT2D eigenvalue weighted by Gasteiger charge is 2.19. The number of rotatable bonds is 6. The fourth-order valence-corrected chi connectivity index (χ4v) is 2.25. The zero-order valence-corrected chi connectivity index (χ0v) is 11.4. The summed E-state index contributed by atoms with van der Waals surface area (Å²) in [4.78, 5) is 11.0. The monoisotopic (exact) mass is 285 g/mol. The largest absolute Gasteiger partial charge is 0.480 e. The van der Waals surface area contributed by atoms with Gasteiger partial charge in [-0.05, 0) is 24.1 Å². The van der Waals surface area contributed by atoms with Crippen molar-refractivity contribution < 1.29 is 19.4 Å². The molecule has 0 amide bonds. The van der Waals surface area contributed by atoms with Crippen molar-refractivity contribution in [3.05, 3.63) is 22.7 Å². The third kappa shape index (κ3) is 3.30. The standard InChI is InChI=1S/C13H16ClNO4/c1-2-3-10(13(16)17)15-6-8-4-9(14)12-11(5-8)18-7-19-12/h4-5,10,15H,2-3,6-7H2,1H3,(H,16,17). The maximum Gasteiger partial charge on any atom is 0.320 e. The molecule has 0 fully saturated rings. The van der Waals surface area contributed by atoms with Crippen LogP contribution in [0.1, 0.15) is 25.3 Å². The molecule has 1 unspecified atom stereocenters. The summed E-state index contributed by atoms with van der Waals surface area (Å²) < 4.78 is 10.5. The summed E-state index contributed by atoms with van der Waals surface area (Å²) in [7, 11) is 0. The van der Waals surface area contributed by atoms with Gasteiger partial charge >= 0.3 is 5.97 Å². The topological polar surface area (TPSA) is 67.8 Å². The van der Waals surface area contributed by atoms with Crippen LogP contribution in [-0.4, -0.2) is 23.9 Å². The van der Waals surface area contributed by atoms with E-state index in [9.17, 15) is 4.79 Å². The third-order valence-corrected chi connectivity index (χ3v) is 3.20. The molecule has 0 aromatic heterocycles. The number of hydrogen-bond acceptors (Lipinski definition) is 4. The smallest absolute Gasteiger partial charge is 0.320 e. The predicted molar refractivity (Wildman–Crippen MR) is 70.7 cm³/mol. The van der Waals surface area contributed by atoms with Crippen LogP contribution in [-0.2, 0) is 11.3 Å². The van der Waals surface area contributed by atoms with Crippen LogP contribution < -0.4 is 14.8 Å². The van der Waals surface area contributed by atoms with Crippen LogP contribution in [0, 0.1) is 0 Å². The number of carbonyl (C=O) groups is 1. The number of carboxylic acid groups (broad SMARTS) is 1. The molecule has 1 atom stereocenters. The van der Waals surface area contributed by atoms with Gasteiger partial charge in [-0.25, -0.2) is 0 Å². The fraction of sp³-hybridized carbons (Fsp3) is 0.462. The highest BCUT2D eigenvalue weighted by atomic mass is 35.5. The quantitative estimate of drug-likeness (QED) is 0.840. The second-order valence-electron chi connectivity index (χ2n) is 4.37. The molecule has 0 radical (unpaired) electrons. The average Bonchev–Trinajstić information content (AvgIpc) is 2.82. The first-order valence-electron chi connectivity index (χ1n) is 6.16. The molecule has 2 N–H and O–H groups in total. The number of carboxylic acids is 1. The van der Waals surface area contributed by atoms with Gasteiger partial charge in [0.05, 0.1) is 5.02 Å². The van der Waals surface area contributed by atoms with E-state index in [4.69, 9.17) is 26.2 Å². The van der Waals surface area contributed by atoms with E-state index in [0.717, 1.165) is 12.0 Å². The first-order valence-corrected chi connectivity index (χ1v) is 6.53. The van der Waals surface area contributed by atoms with Gasteiger partial charge in [-0.15, -0.1) is 0 Å². The molecular weight excluding hydrogens is 270 g/mol. The van der Waals surface area contributed by atoms with Crippen molar-refractivity contribution in [2.75, 3.05) is 6.79 Å². The molecule has 0 saturated heterocycles. The fourth-order valence-electron chi connectivity index (χ4n) is 1.97. The summed E-state index contributed by atoms with van der Waals surface area (Å²) in [5.41, 5.74) is 0.872. The maximum atomic E-state index is 11.0. The Labute approximate surface area is 116 Å². The van der Waals surface area contributed by atoms with Crippen LogP contribution in [0.2, 0.25) is 5.02 Å². The Morgan fingerprint density at radius 2 is 2.32 bits per heavy atom. The molecule has 0 saturated carbocycles. The molecule has 0 aliphatic carbocycles. The Hall–Kier alpha value is -1.46. The zero-order valence-electron chi connectivity index (χ0n) is 10.6. The van der Waals surface area contributed by atoms with Gasteiger partial charge in [0.25, 0.3) is 0 Å². The molecule has 5 nitrogen and oxygen atoms in total. The molecule has 0 spiro atoms. The Kier molecular flexibility index (Phi) is 4.50. The van der Waals surface area contributed by atoms with Crippen LogP contribution in [0.4, 0.5) is 0 Å². The lowest BCUT2D eigenvalue weighted by Gasteiger charge is -2.14. The Morgan fingerprint density at radius 1 is 1.53 bits per heavy atom. The minimum Gasteiger partial charge on any atom is -0.480 e. The second kappa shape index (κ2) is 6.12. The minimum absolute atomic E-state index is 0.166. The van der Waals surface area contributed by atoms with Gasteiger partial charge in [0.2, 0.25) is 6.79 Å². The van der Waals surface area contributed by atoms with Crippen molar-refractivity contribution in [2.45, 2.75) is 32.4 Å². The van der Waals surface area contributed by atoms with Gasteiger partial charge in [-0.1, -0.05) is 24.9 Å². The molecule has 1 heterocycles. The molecule has 1 aliphatic heterocycles. The summed E-state index contributed by atoms with van der Waals surface area (Å²) in [5.74, 6) is 0.314. The van der Waals surface area contributed by atoms with E-state index >= 15 is 0 Å². The van der Waals surface area contributed by atoms with E-state index in [0.29, 0.717) is 29.5 Å². The number of aliphatic carboxylic acids is 1. The lowest BCUT2D eigenvalue weighted by molar-refractivity contribution is -0.139. The van der Waals surface area contributed by atoms with Gasteiger partial charge < -0.3 is 19.9 Å². The molecule has 1 aromatic rings. The summed E-state index contributed by atoms with van der Waals surface area (Å²) in [5, 5.41) is 12.5. The molecule has 1 aromatic carbocycles. The highest BCUT2D eigenvalue weighted by Crippen LogP contribution is 2.39. The van der Waals surface area contributed by atoms with E-state index in [1.54, 1.807) is 6.07 Å². The highest BCUT2D eigenvalue weighted by molar-refractivity contribution is 6.32. The lowest BCUT2D eigenvalue weighted by Crippen LogP contribution is -2.35. The minimum atomic E-state index is -0.839. The van der Waals surface area contributed by atoms with E-state index in [1.165, 1.54) is 0 Å². The number of fused-ring (bicyclic) bond motifs is 1. The van der Waals surface area contributed by atoms with Crippen LogP contribution in [0.3, 0.4) is 0 Å². The number of halogens is 1. The van der Waals surface area contributed by atoms with Crippen molar-refractivity contribution in [1.29, 1.82) is 0 Å². The first-order chi connectivity index (χ1) is 9.11.